The van der Waals surface area contributed by atoms with Gasteiger partial charge >= 0.3 is 6.36 Å². The van der Waals surface area contributed by atoms with Crippen molar-refractivity contribution in [2.45, 2.75) is 25.2 Å². The molecule has 1 aromatic rings. The maximum atomic E-state index is 12.1. The third-order valence-electron chi connectivity index (χ3n) is 2.84. The molecule has 7 heteroatoms. The van der Waals surface area contributed by atoms with Crippen LogP contribution < -0.4 is 15.4 Å². The van der Waals surface area contributed by atoms with Crippen molar-refractivity contribution in [3.05, 3.63) is 24.3 Å². The molecule has 0 aromatic heterocycles. The van der Waals surface area contributed by atoms with Gasteiger partial charge in [0.25, 0.3) is 0 Å². The maximum absolute atomic E-state index is 12.1. The second kappa shape index (κ2) is 5.08. The summed E-state index contributed by atoms with van der Waals surface area (Å²) in [6.07, 6.45) is -3.44. The number of nitrogens with two attached hydrogens (primary N) is 1. The first-order chi connectivity index (χ1) is 8.87. The van der Waals surface area contributed by atoms with E-state index in [-0.39, 0.29) is 11.7 Å². The molecule has 0 aliphatic carbocycles. The van der Waals surface area contributed by atoms with Gasteiger partial charge in [-0.25, -0.2) is 0 Å². The van der Waals surface area contributed by atoms with Crippen LogP contribution in [-0.4, -0.2) is 24.9 Å². The topological polar surface area (TPSA) is 55.6 Å². The summed E-state index contributed by atoms with van der Waals surface area (Å²) in [5.74, 6) is -0.632. The fraction of sp³-hybridized carbons (Fsp3) is 0.417. The zero-order valence-electron chi connectivity index (χ0n) is 9.98. The van der Waals surface area contributed by atoms with Crippen molar-refractivity contribution in [1.29, 1.82) is 0 Å². The quantitative estimate of drug-likeness (QED) is 0.897. The van der Waals surface area contributed by atoms with Gasteiger partial charge in [-0.15, -0.1) is 13.2 Å². The van der Waals surface area contributed by atoms with Crippen LogP contribution in [0.2, 0.25) is 0 Å². The molecular weight excluding hydrogens is 261 g/mol. The lowest BCUT2D eigenvalue weighted by molar-refractivity contribution is -0.274. The summed E-state index contributed by atoms with van der Waals surface area (Å²) in [6, 6.07) is 4.73. The smallest absolute Gasteiger partial charge is 0.406 e. The Balaban J connectivity index is 2.21. The zero-order valence-corrected chi connectivity index (χ0v) is 9.98. The summed E-state index contributed by atoms with van der Waals surface area (Å²) in [6.45, 7) is 0.446. The zero-order chi connectivity index (χ0) is 14.0. The first-order valence-corrected chi connectivity index (χ1v) is 5.79. The van der Waals surface area contributed by atoms with Gasteiger partial charge in [0, 0.05) is 18.3 Å². The molecule has 19 heavy (non-hydrogen) atoms. The Morgan fingerprint density at radius 3 is 2.79 bits per heavy atom. The Bertz CT molecular complexity index is 476. The minimum atomic E-state index is -4.75. The van der Waals surface area contributed by atoms with Gasteiger partial charge in [0.2, 0.25) is 5.91 Å². The van der Waals surface area contributed by atoms with Gasteiger partial charge in [-0.1, -0.05) is 6.07 Å². The van der Waals surface area contributed by atoms with E-state index in [9.17, 15) is 18.0 Å². The average Bonchev–Trinajstić information content (AvgIpc) is 2.31. The fourth-order valence-electron chi connectivity index (χ4n) is 2.01. The van der Waals surface area contributed by atoms with Gasteiger partial charge in [-0.2, -0.15) is 0 Å². The van der Waals surface area contributed by atoms with Crippen LogP contribution in [0, 0.1) is 0 Å². The summed E-state index contributed by atoms with van der Waals surface area (Å²) in [5.41, 5.74) is 6.01. The monoisotopic (exact) mass is 274 g/mol. The molecule has 1 heterocycles. The van der Waals surface area contributed by atoms with Crippen molar-refractivity contribution in [3.8, 4) is 5.75 Å². The molecule has 0 spiro atoms. The molecule has 0 radical (unpaired) electrons. The van der Waals surface area contributed by atoms with E-state index in [1.165, 1.54) is 23.1 Å². The highest BCUT2D eigenvalue weighted by molar-refractivity contribution is 5.97. The Morgan fingerprint density at radius 1 is 1.37 bits per heavy atom. The normalized spacial score (nSPS) is 20.5. The molecule has 4 nitrogen and oxygen atoms in total. The minimum Gasteiger partial charge on any atom is -0.406 e. The number of nitrogens with zero attached hydrogens (tertiary/aromatic N) is 1. The molecule has 0 saturated carbocycles. The number of ether oxygens (including phenoxy) is 1. The number of halogens is 3. The molecule has 1 fully saturated rings. The van der Waals surface area contributed by atoms with Crippen molar-refractivity contribution in [1.82, 2.24) is 0 Å². The average molecular weight is 274 g/mol. The van der Waals surface area contributed by atoms with E-state index in [1.807, 2.05) is 0 Å². The molecule has 104 valence electrons. The van der Waals surface area contributed by atoms with E-state index in [1.54, 1.807) is 6.07 Å². The first-order valence-electron chi connectivity index (χ1n) is 5.79. The van der Waals surface area contributed by atoms with Crippen LogP contribution in [0.1, 0.15) is 12.8 Å². The van der Waals surface area contributed by atoms with E-state index in [4.69, 9.17) is 5.73 Å². The third-order valence-corrected chi connectivity index (χ3v) is 2.84. The molecule has 1 unspecified atom stereocenters. The van der Waals surface area contributed by atoms with E-state index in [0.717, 1.165) is 6.42 Å². The number of anilines is 1. The van der Waals surface area contributed by atoms with Gasteiger partial charge in [-0.05, 0) is 25.0 Å². The largest absolute Gasteiger partial charge is 0.573 e. The molecule has 1 aliphatic rings. The van der Waals surface area contributed by atoms with Crippen molar-refractivity contribution in [3.63, 3.8) is 0 Å². The van der Waals surface area contributed by atoms with Gasteiger partial charge in [-0.3, -0.25) is 4.79 Å². The predicted octanol–water partition coefficient (Wildman–Crippen LogP) is 2.04. The number of hydrogen-bond acceptors (Lipinski definition) is 3. The number of hydrogen-bond donors (Lipinski definition) is 1. The highest BCUT2D eigenvalue weighted by Crippen LogP contribution is 2.28. The number of alkyl halides is 3. The Labute approximate surface area is 107 Å². The summed E-state index contributed by atoms with van der Waals surface area (Å²) in [5, 5.41) is 0. The molecule has 2 rings (SSSR count). The predicted molar refractivity (Wildman–Crippen MR) is 62.7 cm³/mol. The van der Waals surface area contributed by atoms with Crippen LogP contribution in [-0.2, 0) is 4.79 Å². The van der Waals surface area contributed by atoms with Gasteiger partial charge in [0.1, 0.15) is 5.75 Å². The minimum absolute atomic E-state index is 0.282. The van der Waals surface area contributed by atoms with E-state index < -0.39 is 12.4 Å². The lowest BCUT2D eigenvalue weighted by Gasteiger charge is -2.30. The summed E-state index contributed by atoms with van der Waals surface area (Å²) in [7, 11) is 0. The molecule has 1 aromatic carbocycles. The van der Waals surface area contributed by atoms with Crippen LogP contribution in [0.3, 0.4) is 0 Å². The van der Waals surface area contributed by atoms with Crippen molar-refractivity contribution < 1.29 is 22.7 Å². The summed E-state index contributed by atoms with van der Waals surface area (Å²) < 4.78 is 40.2. The van der Waals surface area contributed by atoms with Crippen LogP contribution >= 0.6 is 0 Å². The lowest BCUT2D eigenvalue weighted by atomic mass is 10.0. The van der Waals surface area contributed by atoms with Gasteiger partial charge in [0.05, 0.1) is 6.04 Å². The number of amides is 1. The number of rotatable bonds is 2. The molecule has 0 bridgehead atoms. The molecule has 1 aliphatic heterocycles. The second-order valence-corrected chi connectivity index (χ2v) is 4.28. The second-order valence-electron chi connectivity index (χ2n) is 4.28. The highest BCUT2D eigenvalue weighted by atomic mass is 19.4. The number of benzene rings is 1. The highest BCUT2D eigenvalue weighted by Gasteiger charge is 2.32. The molecule has 2 N–H and O–H groups in total. The van der Waals surface area contributed by atoms with Crippen molar-refractivity contribution >= 4 is 11.6 Å². The molecule has 1 amide bonds. The van der Waals surface area contributed by atoms with E-state index in [2.05, 4.69) is 4.74 Å². The Morgan fingerprint density at radius 2 is 2.11 bits per heavy atom. The Hall–Kier alpha value is -1.76. The van der Waals surface area contributed by atoms with Crippen LogP contribution in [0.25, 0.3) is 0 Å². The molecule has 1 saturated heterocycles. The standard InChI is InChI=1S/C12H13F3N2O2/c13-12(14,15)19-9-4-1-3-8(7-9)17-6-2-5-10(16)11(17)18/h1,3-4,7,10H,2,5-6,16H2. The number of carbonyl (C=O) groups is 1. The summed E-state index contributed by atoms with van der Waals surface area (Å²) >= 11 is 0. The van der Waals surface area contributed by atoms with E-state index in [0.29, 0.717) is 18.7 Å². The number of carbonyl (C=O) groups excluding carboxylic acids is 1. The first kappa shape index (κ1) is 13.7. The Kier molecular flexibility index (Phi) is 3.66. The van der Waals surface area contributed by atoms with E-state index >= 15 is 0 Å². The number of piperidine rings is 1. The lowest BCUT2D eigenvalue weighted by Crippen LogP contribution is -2.48. The van der Waals surface area contributed by atoms with Crippen LogP contribution in [0.15, 0.2) is 24.3 Å². The van der Waals surface area contributed by atoms with Crippen molar-refractivity contribution in [2.24, 2.45) is 5.73 Å². The third kappa shape index (κ3) is 3.37. The maximum Gasteiger partial charge on any atom is 0.573 e. The van der Waals surface area contributed by atoms with Gasteiger partial charge < -0.3 is 15.4 Å². The SMILES string of the molecule is NC1CCCN(c2cccc(OC(F)(F)F)c2)C1=O. The van der Waals surface area contributed by atoms with Crippen molar-refractivity contribution in [2.75, 3.05) is 11.4 Å². The van der Waals surface area contributed by atoms with Crippen LogP contribution in [0.5, 0.6) is 5.75 Å². The fourth-order valence-corrected chi connectivity index (χ4v) is 2.01. The van der Waals surface area contributed by atoms with Crippen LogP contribution in [0.4, 0.5) is 18.9 Å². The summed E-state index contributed by atoms with van der Waals surface area (Å²) in [4.78, 5) is 13.2. The van der Waals surface area contributed by atoms with Gasteiger partial charge in [0.15, 0.2) is 0 Å². The molecular formula is C12H13F3N2O2. The molecule has 1 atom stereocenters.